The third kappa shape index (κ3) is 5.89. The molecule has 1 aromatic rings. The molecular weight excluding hydrogens is 280 g/mol. The first-order chi connectivity index (χ1) is 9.71. The molecule has 4 nitrogen and oxygen atoms in total. The van der Waals surface area contributed by atoms with Crippen LogP contribution < -0.4 is 5.73 Å². The highest BCUT2D eigenvalue weighted by atomic mass is 19.1. The van der Waals surface area contributed by atoms with Crippen LogP contribution in [0.2, 0.25) is 0 Å². The van der Waals surface area contributed by atoms with Gasteiger partial charge in [-0.2, -0.15) is 0 Å². The minimum atomic E-state index is -0.849. The average Bonchev–Trinajstić information content (AvgIpc) is 2.35. The average molecular weight is 299 g/mol. The highest BCUT2D eigenvalue weighted by Crippen LogP contribution is 2.20. The lowest BCUT2D eigenvalue weighted by Gasteiger charge is -2.23. The number of amides is 1. The summed E-state index contributed by atoms with van der Waals surface area (Å²) in [5, 5.41) is 0. The Morgan fingerprint density at radius 1 is 1.24 bits per heavy atom. The molecule has 6 heteroatoms. The molecular formula is C15H19F2NO3. The first-order valence-electron chi connectivity index (χ1n) is 6.68. The van der Waals surface area contributed by atoms with Gasteiger partial charge in [-0.05, 0) is 51.3 Å². The lowest BCUT2D eigenvalue weighted by Crippen LogP contribution is -2.31. The number of nitrogens with two attached hydrogens (primary N) is 1. The third-order valence-electron chi connectivity index (χ3n) is 3.04. The highest BCUT2D eigenvalue weighted by molar-refractivity contribution is 5.96. The molecule has 0 fully saturated rings. The Balaban J connectivity index is 2.44. The van der Waals surface area contributed by atoms with Crippen LogP contribution in [0.3, 0.4) is 0 Å². The van der Waals surface area contributed by atoms with Crippen LogP contribution in [0.1, 0.15) is 49.9 Å². The summed E-state index contributed by atoms with van der Waals surface area (Å²) in [6.07, 6.45) is 0.864. The van der Waals surface area contributed by atoms with Crippen molar-refractivity contribution in [2.24, 2.45) is 5.73 Å². The zero-order chi connectivity index (χ0) is 16.0. The summed E-state index contributed by atoms with van der Waals surface area (Å²) in [5.74, 6) is -1.81. The van der Waals surface area contributed by atoms with E-state index in [9.17, 15) is 18.4 Å². The Morgan fingerprint density at radius 2 is 1.90 bits per heavy atom. The number of ether oxygens (including phenoxy) is 1. The quantitative estimate of drug-likeness (QED) is 0.618. The molecule has 0 radical (unpaired) electrons. The molecule has 1 aromatic carbocycles. The molecule has 2 N–H and O–H groups in total. The van der Waals surface area contributed by atoms with Crippen molar-refractivity contribution in [3.8, 4) is 0 Å². The summed E-state index contributed by atoms with van der Waals surface area (Å²) < 4.78 is 31.3. The Bertz CT molecular complexity index is 530. The van der Waals surface area contributed by atoms with Crippen LogP contribution in [-0.2, 0) is 4.74 Å². The second kappa shape index (κ2) is 7.15. The number of hydrogen-bond acceptors (Lipinski definition) is 3. The van der Waals surface area contributed by atoms with E-state index in [-0.39, 0.29) is 12.0 Å². The van der Waals surface area contributed by atoms with Crippen LogP contribution in [0, 0.1) is 11.6 Å². The maximum absolute atomic E-state index is 13.4. The first-order valence-corrected chi connectivity index (χ1v) is 6.68. The maximum Gasteiger partial charge on any atom is 0.405 e. The number of Topliss-reactive ketones (excluding diaryl/α,β-unsaturated/α-hetero) is 1. The van der Waals surface area contributed by atoms with Gasteiger partial charge in [-0.15, -0.1) is 0 Å². The number of unbranched alkanes of at least 4 members (excludes halogenated alkanes) is 1. The van der Waals surface area contributed by atoms with E-state index >= 15 is 0 Å². The number of halogens is 2. The van der Waals surface area contributed by atoms with Crippen LogP contribution in [-0.4, -0.2) is 17.5 Å². The van der Waals surface area contributed by atoms with Crippen molar-refractivity contribution < 1.29 is 23.1 Å². The maximum atomic E-state index is 13.4. The number of primary amides is 1. The molecule has 0 atom stereocenters. The fourth-order valence-electron chi connectivity index (χ4n) is 2.01. The number of carbonyl (C=O) groups excluding carboxylic acids is 2. The normalized spacial score (nSPS) is 11.2. The van der Waals surface area contributed by atoms with E-state index < -0.39 is 29.1 Å². The van der Waals surface area contributed by atoms with E-state index in [1.165, 1.54) is 0 Å². The molecule has 0 aromatic heterocycles. The van der Waals surface area contributed by atoms with Gasteiger partial charge in [-0.3, -0.25) is 4.79 Å². The fourth-order valence-corrected chi connectivity index (χ4v) is 2.01. The lowest BCUT2D eigenvalue weighted by molar-refractivity contribution is 0.0370. The number of ketones is 1. The van der Waals surface area contributed by atoms with Crippen molar-refractivity contribution >= 4 is 11.9 Å². The highest BCUT2D eigenvalue weighted by Gasteiger charge is 2.21. The van der Waals surface area contributed by atoms with Crippen LogP contribution in [0.5, 0.6) is 0 Å². The SMILES string of the molecule is CC(C)(CCCCC(=O)c1cc(F)ccc1F)OC(N)=O. The minimum absolute atomic E-state index is 0.104. The fraction of sp³-hybridized carbons (Fsp3) is 0.467. The van der Waals surface area contributed by atoms with Crippen molar-refractivity contribution in [2.75, 3.05) is 0 Å². The topological polar surface area (TPSA) is 69.4 Å². The molecule has 116 valence electrons. The van der Waals surface area contributed by atoms with Crippen LogP contribution in [0.4, 0.5) is 13.6 Å². The molecule has 0 bridgehead atoms. The molecule has 1 rings (SSSR count). The Kier molecular flexibility index (Phi) is 5.81. The number of carbonyl (C=O) groups is 2. The standard InChI is InChI=1S/C15H19F2NO3/c1-15(2,21-14(18)20)8-4-3-5-13(19)11-9-10(16)6-7-12(11)17/h6-7,9H,3-5,8H2,1-2H3,(H2,18,20). The molecule has 0 aliphatic heterocycles. The van der Waals surface area contributed by atoms with E-state index in [4.69, 9.17) is 10.5 Å². The second-order valence-electron chi connectivity index (χ2n) is 5.44. The smallest absolute Gasteiger partial charge is 0.405 e. The summed E-state index contributed by atoms with van der Waals surface area (Å²) in [6, 6.07) is 2.81. The zero-order valence-corrected chi connectivity index (χ0v) is 12.1. The molecule has 0 saturated carbocycles. The number of hydrogen-bond donors (Lipinski definition) is 1. The van der Waals surface area contributed by atoms with E-state index in [2.05, 4.69) is 0 Å². The lowest BCUT2D eigenvalue weighted by atomic mass is 9.98. The predicted octanol–water partition coefficient (Wildman–Crippen LogP) is 3.58. The van der Waals surface area contributed by atoms with Gasteiger partial charge >= 0.3 is 6.09 Å². The van der Waals surface area contributed by atoms with Gasteiger partial charge < -0.3 is 10.5 Å². The van der Waals surface area contributed by atoms with E-state index in [0.29, 0.717) is 19.3 Å². The van der Waals surface area contributed by atoms with Crippen molar-refractivity contribution in [2.45, 2.75) is 45.1 Å². The van der Waals surface area contributed by atoms with Crippen molar-refractivity contribution in [3.63, 3.8) is 0 Å². The molecule has 0 heterocycles. The van der Waals surface area contributed by atoms with Gasteiger partial charge in [0.2, 0.25) is 0 Å². The Labute approximate surface area is 122 Å². The first kappa shape index (κ1) is 17.1. The molecule has 1 amide bonds. The molecule has 0 saturated heterocycles. The molecule has 0 aliphatic carbocycles. The van der Waals surface area contributed by atoms with Gasteiger partial charge in [-0.25, -0.2) is 13.6 Å². The van der Waals surface area contributed by atoms with Crippen LogP contribution in [0.25, 0.3) is 0 Å². The largest absolute Gasteiger partial charge is 0.444 e. The van der Waals surface area contributed by atoms with Gasteiger partial charge in [0, 0.05) is 6.42 Å². The van der Waals surface area contributed by atoms with Crippen molar-refractivity contribution in [1.29, 1.82) is 0 Å². The summed E-state index contributed by atoms with van der Waals surface area (Å²) in [4.78, 5) is 22.5. The molecule has 0 aliphatic rings. The number of rotatable bonds is 7. The second-order valence-corrected chi connectivity index (χ2v) is 5.44. The Hall–Kier alpha value is -1.98. The molecule has 21 heavy (non-hydrogen) atoms. The summed E-state index contributed by atoms with van der Waals surface area (Å²) >= 11 is 0. The predicted molar refractivity (Wildman–Crippen MR) is 73.9 cm³/mol. The van der Waals surface area contributed by atoms with E-state index in [1.807, 2.05) is 0 Å². The monoisotopic (exact) mass is 299 g/mol. The van der Waals surface area contributed by atoms with E-state index in [1.54, 1.807) is 13.8 Å². The van der Waals surface area contributed by atoms with Gasteiger partial charge in [0.15, 0.2) is 5.78 Å². The minimum Gasteiger partial charge on any atom is -0.444 e. The van der Waals surface area contributed by atoms with Crippen molar-refractivity contribution in [3.05, 3.63) is 35.4 Å². The van der Waals surface area contributed by atoms with Crippen LogP contribution in [0.15, 0.2) is 18.2 Å². The van der Waals surface area contributed by atoms with Gasteiger partial charge in [0.1, 0.15) is 17.2 Å². The van der Waals surface area contributed by atoms with Gasteiger partial charge in [-0.1, -0.05) is 0 Å². The number of benzene rings is 1. The third-order valence-corrected chi connectivity index (χ3v) is 3.04. The summed E-state index contributed by atoms with van der Waals surface area (Å²) in [6.45, 7) is 3.43. The van der Waals surface area contributed by atoms with Gasteiger partial charge in [0.25, 0.3) is 0 Å². The molecule has 0 unspecified atom stereocenters. The summed E-state index contributed by atoms with van der Waals surface area (Å²) in [7, 11) is 0. The van der Waals surface area contributed by atoms with Crippen molar-refractivity contribution in [1.82, 2.24) is 0 Å². The van der Waals surface area contributed by atoms with Crippen LogP contribution >= 0.6 is 0 Å². The van der Waals surface area contributed by atoms with E-state index in [0.717, 1.165) is 18.2 Å². The molecule has 0 spiro atoms. The Morgan fingerprint density at radius 3 is 2.52 bits per heavy atom. The van der Waals surface area contributed by atoms with Gasteiger partial charge in [0.05, 0.1) is 5.56 Å². The summed E-state index contributed by atoms with van der Waals surface area (Å²) in [5.41, 5.74) is 4.00. The zero-order valence-electron chi connectivity index (χ0n) is 12.1.